The van der Waals surface area contributed by atoms with E-state index in [1.165, 1.54) is 6.42 Å². The van der Waals surface area contributed by atoms with Crippen LogP contribution < -0.4 is 5.32 Å². The van der Waals surface area contributed by atoms with Crippen LogP contribution in [0.25, 0.3) is 0 Å². The Morgan fingerprint density at radius 1 is 1.52 bits per heavy atom. The summed E-state index contributed by atoms with van der Waals surface area (Å²) in [7, 11) is 0. The van der Waals surface area contributed by atoms with Crippen molar-refractivity contribution in [2.75, 3.05) is 0 Å². The van der Waals surface area contributed by atoms with E-state index in [2.05, 4.69) is 27.6 Å². The van der Waals surface area contributed by atoms with Gasteiger partial charge < -0.3 is 9.84 Å². The molecular formula is C15H20N4O2. The molecule has 2 heterocycles. The third kappa shape index (κ3) is 2.99. The van der Waals surface area contributed by atoms with Gasteiger partial charge >= 0.3 is 0 Å². The molecule has 0 aliphatic heterocycles. The molecule has 2 aromatic heterocycles. The average Bonchev–Trinajstić information content (AvgIpc) is 3.04. The molecule has 2 N–H and O–H groups in total. The molecule has 1 amide bonds. The second kappa shape index (κ2) is 6.11. The van der Waals surface area contributed by atoms with Crippen molar-refractivity contribution in [3.05, 3.63) is 35.0 Å². The third-order valence-electron chi connectivity index (χ3n) is 3.99. The number of hydrogen-bond acceptors (Lipinski definition) is 4. The molecule has 21 heavy (non-hydrogen) atoms. The quantitative estimate of drug-likeness (QED) is 0.855. The molecule has 0 saturated heterocycles. The molecule has 0 radical (unpaired) electrons. The molecule has 1 fully saturated rings. The van der Waals surface area contributed by atoms with Crippen LogP contribution in [-0.2, 0) is 13.0 Å². The highest BCUT2D eigenvalue weighted by Gasteiger charge is 2.25. The van der Waals surface area contributed by atoms with Gasteiger partial charge in [-0.05, 0) is 25.3 Å². The summed E-state index contributed by atoms with van der Waals surface area (Å²) in [6, 6.07) is 1.80. The van der Waals surface area contributed by atoms with Crippen LogP contribution in [0, 0.1) is 0 Å². The van der Waals surface area contributed by atoms with Crippen molar-refractivity contribution >= 4 is 5.91 Å². The molecule has 112 valence electrons. The van der Waals surface area contributed by atoms with Crippen LogP contribution in [0.4, 0.5) is 0 Å². The van der Waals surface area contributed by atoms with Gasteiger partial charge in [-0.15, -0.1) is 0 Å². The van der Waals surface area contributed by atoms with Crippen molar-refractivity contribution in [3.8, 4) is 0 Å². The van der Waals surface area contributed by atoms with E-state index in [-0.39, 0.29) is 5.91 Å². The number of amides is 1. The molecule has 0 aromatic carbocycles. The molecule has 6 nitrogen and oxygen atoms in total. The number of nitrogens with zero attached hydrogens (tertiary/aromatic N) is 2. The Labute approximate surface area is 123 Å². The standard InChI is InChI=1S/C15H20N4O2/c1-2-4-12-7-13(18-17-12)15(20)16-8-11-9-21-19-14(11)10-5-3-6-10/h7,9-10H,2-6,8H2,1H3,(H,16,20)(H,17,18). The minimum absolute atomic E-state index is 0.172. The van der Waals surface area contributed by atoms with Crippen molar-refractivity contribution in [3.63, 3.8) is 0 Å². The fraction of sp³-hybridized carbons (Fsp3) is 0.533. The smallest absolute Gasteiger partial charge is 0.272 e. The van der Waals surface area contributed by atoms with Crippen molar-refractivity contribution < 1.29 is 9.32 Å². The maximum atomic E-state index is 12.1. The van der Waals surface area contributed by atoms with Crippen LogP contribution in [0.1, 0.15) is 66.0 Å². The summed E-state index contributed by atoms with van der Waals surface area (Å²) in [6.45, 7) is 2.53. The normalized spacial score (nSPS) is 14.9. The lowest BCUT2D eigenvalue weighted by Crippen LogP contribution is -2.24. The van der Waals surface area contributed by atoms with Gasteiger partial charge in [0.25, 0.3) is 5.91 Å². The van der Waals surface area contributed by atoms with Gasteiger partial charge in [-0.3, -0.25) is 9.89 Å². The zero-order chi connectivity index (χ0) is 14.7. The first kappa shape index (κ1) is 13.9. The highest BCUT2D eigenvalue weighted by atomic mass is 16.5. The number of nitrogens with one attached hydrogen (secondary N) is 2. The zero-order valence-corrected chi connectivity index (χ0v) is 12.2. The summed E-state index contributed by atoms with van der Waals surface area (Å²) in [5.74, 6) is 0.326. The zero-order valence-electron chi connectivity index (χ0n) is 12.2. The van der Waals surface area contributed by atoms with E-state index in [1.807, 2.05) is 0 Å². The molecule has 1 aliphatic carbocycles. The van der Waals surface area contributed by atoms with Crippen LogP contribution in [0.5, 0.6) is 0 Å². The number of rotatable bonds is 6. The van der Waals surface area contributed by atoms with Crippen molar-refractivity contribution in [1.29, 1.82) is 0 Å². The fourth-order valence-electron chi connectivity index (χ4n) is 2.56. The molecule has 0 bridgehead atoms. The van der Waals surface area contributed by atoms with Crippen molar-refractivity contribution in [2.45, 2.75) is 51.5 Å². The lowest BCUT2D eigenvalue weighted by molar-refractivity contribution is 0.0945. The molecular weight excluding hydrogens is 268 g/mol. The Kier molecular flexibility index (Phi) is 4.03. The van der Waals surface area contributed by atoms with Crippen LogP contribution in [-0.4, -0.2) is 21.3 Å². The number of hydrogen-bond donors (Lipinski definition) is 2. The minimum atomic E-state index is -0.172. The molecule has 6 heteroatoms. The summed E-state index contributed by atoms with van der Waals surface area (Å²) in [5.41, 5.74) is 3.38. The second-order valence-electron chi connectivity index (χ2n) is 5.56. The Bertz CT molecular complexity index is 613. The van der Waals surface area contributed by atoms with Gasteiger partial charge in [-0.25, -0.2) is 0 Å². The summed E-state index contributed by atoms with van der Waals surface area (Å²) in [6.07, 6.45) is 7.12. The van der Waals surface area contributed by atoms with E-state index >= 15 is 0 Å². The molecule has 1 aliphatic rings. The van der Waals surface area contributed by atoms with Gasteiger partial charge in [0.1, 0.15) is 12.0 Å². The summed E-state index contributed by atoms with van der Waals surface area (Å²) < 4.78 is 5.05. The van der Waals surface area contributed by atoms with E-state index in [0.717, 1.165) is 42.6 Å². The van der Waals surface area contributed by atoms with Gasteiger partial charge in [0, 0.05) is 23.7 Å². The second-order valence-corrected chi connectivity index (χ2v) is 5.56. The minimum Gasteiger partial charge on any atom is -0.364 e. The average molecular weight is 288 g/mol. The summed E-state index contributed by atoms with van der Waals surface area (Å²) in [4.78, 5) is 12.1. The molecule has 2 aromatic rings. The van der Waals surface area contributed by atoms with Gasteiger partial charge in [-0.2, -0.15) is 5.10 Å². The first-order chi connectivity index (χ1) is 10.3. The first-order valence-electron chi connectivity index (χ1n) is 7.53. The Morgan fingerprint density at radius 3 is 3.10 bits per heavy atom. The SMILES string of the molecule is CCCc1cc(C(=O)NCc2conc2C2CCC2)n[nH]1. The van der Waals surface area contributed by atoms with E-state index in [4.69, 9.17) is 4.52 Å². The van der Waals surface area contributed by atoms with E-state index in [9.17, 15) is 4.79 Å². The number of carbonyl (C=O) groups excluding carboxylic acids is 1. The van der Waals surface area contributed by atoms with E-state index < -0.39 is 0 Å². The molecule has 0 unspecified atom stereocenters. The van der Waals surface area contributed by atoms with Crippen molar-refractivity contribution in [2.24, 2.45) is 0 Å². The van der Waals surface area contributed by atoms with Gasteiger partial charge in [0.05, 0.1) is 5.69 Å². The lowest BCUT2D eigenvalue weighted by Gasteiger charge is -2.23. The topological polar surface area (TPSA) is 83.8 Å². The van der Waals surface area contributed by atoms with Crippen LogP contribution in [0.15, 0.2) is 16.9 Å². The number of H-pyrrole nitrogens is 1. The monoisotopic (exact) mass is 288 g/mol. The third-order valence-corrected chi connectivity index (χ3v) is 3.99. The summed E-state index contributed by atoms with van der Waals surface area (Å²) in [5, 5.41) is 13.9. The Morgan fingerprint density at radius 2 is 2.38 bits per heavy atom. The van der Waals surface area contributed by atoms with Gasteiger partial charge in [0.15, 0.2) is 0 Å². The maximum absolute atomic E-state index is 12.1. The lowest BCUT2D eigenvalue weighted by atomic mass is 9.81. The van der Waals surface area contributed by atoms with Gasteiger partial charge in [0.2, 0.25) is 0 Å². The molecule has 0 spiro atoms. The van der Waals surface area contributed by atoms with Crippen molar-refractivity contribution in [1.82, 2.24) is 20.7 Å². The molecule has 1 saturated carbocycles. The number of aromatic nitrogens is 3. The van der Waals surface area contributed by atoms with Crippen LogP contribution in [0.3, 0.4) is 0 Å². The van der Waals surface area contributed by atoms with Crippen LogP contribution in [0.2, 0.25) is 0 Å². The largest absolute Gasteiger partial charge is 0.364 e. The van der Waals surface area contributed by atoms with E-state index in [1.54, 1.807) is 12.3 Å². The number of aromatic amines is 1. The highest BCUT2D eigenvalue weighted by Crippen LogP contribution is 2.37. The van der Waals surface area contributed by atoms with E-state index in [0.29, 0.717) is 18.2 Å². The molecule has 3 rings (SSSR count). The predicted molar refractivity (Wildman–Crippen MR) is 76.8 cm³/mol. The maximum Gasteiger partial charge on any atom is 0.272 e. The number of aryl methyl sites for hydroxylation is 1. The first-order valence-corrected chi connectivity index (χ1v) is 7.53. The fourth-order valence-corrected chi connectivity index (χ4v) is 2.56. The predicted octanol–water partition coefficient (Wildman–Crippen LogP) is 2.55. The summed E-state index contributed by atoms with van der Waals surface area (Å²) >= 11 is 0. The Balaban J connectivity index is 1.59. The number of carbonyl (C=O) groups is 1. The molecule has 0 atom stereocenters. The Hall–Kier alpha value is -2.11. The van der Waals surface area contributed by atoms with Gasteiger partial charge in [-0.1, -0.05) is 24.9 Å². The highest BCUT2D eigenvalue weighted by molar-refractivity contribution is 5.92. The van der Waals surface area contributed by atoms with Crippen LogP contribution >= 0.6 is 0 Å².